The van der Waals surface area contributed by atoms with Crippen molar-refractivity contribution >= 4 is 41.5 Å². The molecule has 1 aromatic rings. The number of methoxy groups -OCH3 is 1. The van der Waals surface area contributed by atoms with Gasteiger partial charge in [-0.2, -0.15) is 8.78 Å². The summed E-state index contributed by atoms with van der Waals surface area (Å²) in [7, 11) is 1.73. The van der Waals surface area contributed by atoms with Crippen molar-refractivity contribution in [3.05, 3.63) is 28.8 Å². The van der Waals surface area contributed by atoms with Crippen LogP contribution in [0.3, 0.4) is 0 Å². The van der Waals surface area contributed by atoms with Gasteiger partial charge in [0.2, 0.25) is 0 Å². The molecule has 0 aliphatic carbocycles. The van der Waals surface area contributed by atoms with Gasteiger partial charge in [-0.25, -0.2) is 4.99 Å². The van der Waals surface area contributed by atoms with Gasteiger partial charge in [-0.05, 0) is 44.4 Å². The molecule has 1 aliphatic heterocycles. The Morgan fingerprint density at radius 2 is 2.07 bits per heavy atom. The number of guanidine groups is 1. The SMILES string of the molecule is CCNC(=NCc1cc(Cl)ccc1OC(F)F)NC1CCN(CCCOC)CC1.I. The number of hydrogen-bond acceptors (Lipinski definition) is 4. The van der Waals surface area contributed by atoms with Crippen LogP contribution in [0.15, 0.2) is 23.2 Å². The highest BCUT2D eigenvalue weighted by Gasteiger charge is 2.19. The molecule has 0 atom stereocenters. The van der Waals surface area contributed by atoms with Crippen LogP contribution in [0.5, 0.6) is 5.75 Å². The molecule has 2 N–H and O–H groups in total. The van der Waals surface area contributed by atoms with Gasteiger partial charge in [0.1, 0.15) is 5.75 Å². The van der Waals surface area contributed by atoms with E-state index in [4.69, 9.17) is 16.3 Å². The van der Waals surface area contributed by atoms with Gasteiger partial charge in [0, 0.05) is 56.5 Å². The Labute approximate surface area is 199 Å². The van der Waals surface area contributed by atoms with Crippen molar-refractivity contribution in [3.8, 4) is 5.75 Å². The second kappa shape index (κ2) is 15.0. The van der Waals surface area contributed by atoms with Crippen molar-refractivity contribution in [1.82, 2.24) is 15.5 Å². The molecule has 1 saturated heterocycles. The van der Waals surface area contributed by atoms with Gasteiger partial charge in [0.05, 0.1) is 6.54 Å². The first-order chi connectivity index (χ1) is 14.0. The van der Waals surface area contributed by atoms with E-state index in [1.165, 1.54) is 12.1 Å². The van der Waals surface area contributed by atoms with Gasteiger partial charge >= 0.3 is 6.61 Å². The van der Waals surface area contributed by atoms with Gasteiger partial charge in [-0.1, -0.05) is 11.6 Å². The zero-order valence-electron chi connectivity index (χ0n) is 17.5. The number of rotatable bonds is 10. The minimum absolute atomic E-state index is 0. The Kier molecular flexibility index (Phi) is 13.5. The molecule has 172 valence electrons. The third-order valence-corrected chi connectivity index (χ3v) is 4.98. The van der Waals surface area contributed by atoms with Crippen molar-refractivity contribution in [1.29, 1.82) is 0 Å². The quantitative estimate of drug-likeness (QED) is 0.195. The molecule has 1 fully saturated rings. The number of alkyl halides is 2. The van der Waals surface area contributed by atoms with Crippen molar-refractivity contribution < 1.29 is 18.3 Å². The summed E-state index contributed by atoms with van der Waals surface area (Å²) in [4.78, 5) is 6.99. The number of piperidine rings is 1. The van der Waals surface area contributed by atoms with Crippen LogP contribution in [0.2, 0.25) is 5.02 Å². The molecule has 0 unspecified atom stereocenters. The van der Waals surface area contributed by atoms with Gasteiger partial charge in [-0.3, -0.25) is 0 Å². The molecule has 0 radical (unpaired) electrons. The fraction of sp³-hybridized carbons (Fsp3) is 0.650. The minimum atomic E-state index is -2.89. The van der Waals surface area contributed by atoms with Crippen molar-refractivity contribution in [3.63, 3.8) is 0 Å². The summed E-state index contributed by atoms with van der Waals surface area (Å²) in [5, 5.41) is 7.12. The summed E-state index contributed by atoms with van der Waals surface area (Å²) in [6.07, 6.45) is 3.09. The molecular formula is C20H32ClF2IN4O2. The lowest BCUT2D eigenvalue weighted by molar-refractivity contribution is -0.0504. The van der Waals surface area contributed by atoms with Crippen LogP contribution in [0.25, 0.3) is 0 Å². The first kappa shape index (κ1) is 27.1. The lowest BCUT2D eigenvalue weighted by atomic mass is 10.1. The molecule has 0 spiro atoms. The molecule has 2 rings (SSSR count). The topological polar surface area (TPSA) is 58.1 Å². The van der Waals surface area contributed by atoms with Crippen molar-refractivity contribution in [2.24, 2.45) is 4.99 Å². The largest absolute Gasteiger partial charge is 0.434 e. The number of nitrogens with one attached hydrogen (secondary N) is 2. The normalized spacial score (nSPS) is 15.7. The lowest BCUT2D eigenvalue weighted by Crippen LogP contribution is -2.48. The summed E-state index contributed by atoms with van der Waals surface area (Å²) in [5.74, 6) is 0.752. The first-order valence-corrected chi connectivity index (χ1v) is 10.4. The molecular weight excluding hydrogens is 529 g/mol. The Balaban J connectivity index is 0.00000450. The van der Waals surface area contributed by atoms with Crippen molar-refractivity contribution in [2.75, 3.05) is 39.9 Å². The average Bonchev–Trinajstić information content (AvgIpc) is 2.69. The summed E-state index contributed by atoms with van der Waals surface area (Å²) >= 11 is 6.01. The number of benzene rings is 1. The molecule has 1 aliphatic rings. The minimum Gasteiger partial charge on any atom is -0.434 e. The van der Waals surface area contributed by atoms with Crippen LogP contribution in [-0.4, -0.2) is 63.4 Å². The van der Waals surface area contributed by atoms with Crippen LogP contribution in [0.4, 0.5) is 8.78 Å². The fourth-order valence-electron chi connectivity index (χ4n) is 3.29. The number of aliphatic imine (C=N–C) groups is 1. The Hall–Kier alpha value is -0.910. The van der Waals surface area contributed by atoms with Crippen LogP contribution in [0.1, 0.15) is 31.7 Å². The predicted octanol–water partition coefficient (Wildman–Crippen LogP) is 4.12. The summed E-state index contributed by atoms with van der Waals surface area (Å²) in [5.41, 5.74) is 0.517. The molecule has 6 nitrogen and oxygen atoms in total. The highest BCUT2D eigenvalue weighted by atomic mass is 127. The Bertz CT molecular complexity index is 647. The molecule has 30 heavy (non-hydrogen) atoms. The summed E-state index contributed by atoms with van der Waals surface area (Å²) in [6.45, 7) is 3.89. The third kappa shape index (κ3) is 9.93. The average molecular weight is 561 g/mol. The maximum Gasteiger partial charge on any atom is 0.387 e. The van der Waals surface area contributed by atoms with Crippen LogP contribution in [0, 0.1) is 0 Å². The van der Waals surface area contributed by atoms with E-state index in [1.807, 2.05) is 6.92 Å². The maximum absolute atomic E-state index is 12.6. The van der Waals surface area contributed by atoms with E-state index in [2.05, 4.69) is 25.3 Å². The van der Waals surface area contributed by atoms with Crippen LogP contribution >= 0.6 is 35.6 Å². The number of hydrogen-bond donors (Lipinski definition) is 2. The molecule has 10 heteroatoms. The molecule has 0 saturated carbocycles. The smallest absolute Gasteiger partial charge is 0.387 e. The van der Waals surface area contributed by atoms with Gasteiger partial charge in [0.25, 0.3) is 0 Å². The number of nitrogens with zero attached hydrogens (tertiary/aromatic N) is 2. The summed E-state index contributed by atoms with van der Waals surface area (Å²) < 4.78 is 35.0. The zero-order chi connectivity index (χ0) is 21.1. The van der Waals surface area contributed by atoms with Gasteiger partial charge < -0.3 is 25.0 Å². The highest BCUT2D eigenvalue weighted by Crippen LogP contribution is 2.25. The van der Waals surface area contributed by atoms with Gasteiger partial charge in [-0.15, -0.1) is 24.0 Å². The lowest BCUT2D eigenvalue weighted by Gasteiger charge is -2.33. The van der Waals surface area contributed by atoms with Crippen molar-refractivity contribution in [2.45, 2.75) is 45.4 Å². The molecule has 1 heterocycles. The molecule has 0 aromatic heterocycles. The van der Waals surface area contributed by atoms with Gasteiger partial charge in [0.15, 0.2) is 5.96 Å². The van der Waals surface area contributed by atoms with E-state index in [-0.39, 0.29) is 36.3 Å². The van der Waals surface area contributed by atoms with E-state index < -0.39 is 6.61 Å². The second-order valence-electron chi connectivity index (χ2n) is 6.93. The van der Waals surface area contributed by atoms with E-state index in [1.54, 1.807) is 13.2 Å². The molecule has 0 bridgehead atoms. The number of ether oxygens (including phenoxy) is 2. The Morgan fingerprint density at radius 1 is 1.33 bits per heavy atom. The third-order valence-electron chi connectivity index (χ3n) is 4.74. The maximum atomic E-state index is 12.6. The first-order valence-electron chi connectivity index (χ1n) is 10.0. The molecule has 0 amide bonds. The van der Waals surface area contributed by atoms with E-state index in [9.17, 15) is 8.78 Å². The van der Waals surface area contributed by atoms with E-state index in [0.29, 0.717) is 29.1 Å². The van der Waals surface area contributed by atoms with E-state index >= 15 is 0 Å². The highest BCUT2D eigenvalue weighted by molar-refractivity contribution is 14.0. The number of likely N-dealkylation sites (tertiary alicyclic amines) is 1. The summed E-state index contributed by atoms with van der Waals surface area (Å²) in [6, 6.07) is 4.89. The Morgan fingerprint density at radius 3 is 2.70 bits per heavy atom. The predicted molar refractivity (Wildman–Crippen MR) is 127 cm³/mol. The van der Waals surface area contributed by atoms with Crippen LogP contribution in [-0.2, 0) is 11.3 Å². The standard InChI is InChI=1S/C20H31ClF2N4O2.HI/c1-3-24-20(26-17-7-10-27(11-8-17)9-4-12-28-2)25-14-15-13-16(21)5-6-18(15)29-19(22)23;/h5-6,13,17,19H,3-4,7-12,14H2,1-2H3,(H2,24,25,26);1H. The van der Waals surface area contributed by atoms with Crippen LogP contribution < -0.4 is 15.4 Å². The number of halogens is 4. The fourth-order valence-corrected chi connectivity index (χ4v) is 3.49. The monoisotopic (exact) mass is 560 g/mol. The second-order valence-corrected chi connectivity index (χ2v) is 7.37. The molecule has 1 aromatic carbocycles. The van der Waals surface area contributed by atoms with E-state index in [0.717, 1.165) is 45.5 Å². The zero-order valence-corrected chi connectivity index (χ0v) is 20.6.